The van der Waals surface area contributed by atoms with Crippen LogP contribution in [0.15, 0.2) is 40.9 Å². The van der Waals surface area contributed by atoms with Crippen LogP contribution in [-0.4, -0.2) is 50.2 Å². The van der Waals surface area contributed by atoms with E-state index in [4.69, 9.17) is 4.42 Å². The lowest BCUT2D eigenvalue weighted by molar-refractivity contribution is -0.139. The number of hydrogen-bond donors (Lipinski definition) is 4. The first-order chi connectivity index (χ1) is 19.4. The van der Waals surface area contributed by atoms with E-state index in [2.05, 4.69) is 25.8 Å². The fourth-order valence-electron chi connectivity index (χ4n) is 5.88. The van der Waals surface area contributed by atoms with Crippen molar-refractivity contribution in [2.24, 2.45) is 17.8 Å². The monoisotopic (exact) mass is 545 g/mol. The van der Waals surface area contributed by atoms with Gasteiger partial charge in [0.15, 0.2) is 0 Å². The molecule has 3 aliphatic carbocycles. The largest absolute Gasteiger partial charge is 0.480 e. The number of nitrogens with one attached hydrogen (secondary N) is 3. The molecule has 2 heterocycles. The second-order valence-electron chi connectivity index (χ2n) is 11.6. The average Bonchev–Trinajstić information content (AvgIpc) is 3.89. The van der Waals surface area contributed by atoms with Crippen LogP contribution in [-0.2, 0) is 4.79 Å². The van der Waals surface area contributed by atoms with Crippen LogP contribution < -0.4 is 10.6 Å². The van der Waals surface area contributed by atoms with Crippen LogP contribution in [0.4, 0.5) is 0 Å². The highest BCUT2D eigenvalue weighted by atomic mass is 16.4. The Balaban J connectivity index is 1.11. The van der Waals surface area contributed by atoms with E-state index in [1.807, 2.05) is 18.2 Å². The lowest BCUT2D eigenvalue weighted by Crippen LogP contribution is -2.42. The maximum Gasteiger partial charge on any atom is 0.326 e. The highest BCUT2D eigenvalue weighted by molar-refractivity contribution is 5.95. The molecule has 0 unspecified atom stereocenters. The number of amides is 2. The molecule has 6 rings (SSSR count). The minimum absolute atomic E-state index is 0.0464. The van der Waals surface area contributed by atoms with Crippen LogP contribution in [0.5, 0.6) is 0 Å². The van der Waals surface area contributed by atoms with Gasteiger partial charge < -0.3 is 20.2 Å². The smallest absolute Gasteiger partial charge is 0.326 e. The summed E-state index contributed by atoms with van der Waals surface area (Å²) >= 11 is 0. The van der Waals surface area contributed by atoms with Crippen LogP contribution in [0.1, 0.15) is 85.3 Å². The number of H-pyrrole nitrogens is 1. The summed E-state index contributed by atoms with van der Waals surface area (Å²) in [6.07, 6.45) is 11.8. The van der Waals surface area contributed by atoms with Gasteiger partial charge in [-0.2, -0.15) is 5.10 Å². The van der Waals surface area contributed by atoms with Crippen molar-refractivity contribution in [3.05, 3.63) is 48.0 Å². The van der Waals surface area contributed by atoms with E-state index in [1.165, 1.54) is 38.3 Å². The summed E-state index contributed by atoms with van der Waals surface area (Å²) < 4.78 is 5.73. The van der Waals surface area contributed by atoms with Gasteiger partial charge in [0, 0.05) is 17.2 Å². The summed E-state index contributed by atoms with van der Waals surface area (Å²) in [7, 11) is 0. The van der Waals surface area contributed by atoms with Gasteiger partial charge >= 0.3 is 5.97 Å². The lowest BCUT2D eigenvalue weighted by atomic mass is 9.85. The van der Waals surface area contributed by atoms with Gasteiger partial charge in [-0.3, -0.25) is 14.7 Å². The summed E-state index contributed by atoms with van der Waals surface area (Å²) in [5.41, 5.74) is 2.42. The molecule has 1 aromatic carbocycles. The average molecular weight is 546 g/mol. The third-order valence-electron chi connectivity index (χ3n) is 8.41. The second kappa shape index (κ2) is 11.3. The molecule has 0 spiro atoms. The maximum atomic E-state index is 12.9. The highest BCUT2D eigenvalue weighted by Crippen LogP contribution is 2.44. The van der Waals surface area contributed by atoms with Gasteiger partial charge in [-0.25, -0.2) is 9.78 Å². The summed E-state index contributed by atoms with van der Waals surface area (Å²) in [6, 6.07) is 8.35. The first-order valence-corrected chi connectivity index (χ1v) is 14.4. The fraction of sp³-hybridized carbons (Fsp3) is 0.500. The molecule has 0 radical (unpaired) electrons. The van der Waals surface area contributed by atoms with Crippen molar-refractivity contribution < 1.29 is 23.9 Å². The SMILES string of the molecule is O=C(NC(C1CC1)C1CC1)c1cc(-c2cccc(-c3ncc(C(=O)N[C@@H](CC4CCCCC4)C(=O)O)o3)c2)n[nH]1. The van der Waals surface area contributed by atoms with Crippen LogP contribution in [0.25, 0.3) is 22.7 Å². The molecule has 0 aliphatic heterocycles. The van der Waals surface area contributed by atoms with E-state index in [9.17, 15) is 19.5 Å². The third kappa shape index (κ3) is 6.11. The number of oxazole rings is 1. The second-order valence-corrected chi connectivity index (χ2v) is 11.6. The van der Waals surface area contributed by atoms with Crippen LogP contribution in [0, 0.1) is 17.8 Å². The number of nitrogens with zero attached hydrogens (tertiary/aromatic N) is 2. The molecular weight excluding hydrogens is 510 g/mol. The topological polar surface area (TPSA) is 150 Å². The number of aliphatic carboxylic acids is 1. The number of rotatable bonds is 11. The number of carboxylic acids is 1. The summed E-state index contributed by atoms with van der Waals surface area (Å²) in [6.45, 7) is 0. The zero-order valence-corrected chi connectivity index (χ0v) is 22.4. The van der Waals surface area contributed by atoms with E-state index in [-0.39, 0.29) is 23.6 Å². The molecule has 0 saturated heterocycles. The molecule has 2 amide bonds. The number of carboxylic acid groups (broad SMARTS) is 1. The van der Waals surface area contributed by atoms with Gasteiger partial charge in [-0.1, -0.05) is 44.2 Å². The van der Waals surface area contributed by atoms with Gasteiger partial charge in [-0.05, 0) is 68.1 Å². The Hall–Kier alpha value is -3.95. The molecule has 10 heteroatoms. The Morgan fingerprint density at radius 1 is 0.950 bits per heavy atom. The minimum Gasteiger partial charge on any atom is -0.480 e. The third-order valence-corrected chi connectivity index (χ3v) is 8.41. The summed E-state index contributed by atoms with van der Waals surface area (Å²) in [5, 5.41) is 22.7. The summed E-state index contributed by atoms with van der Waals surface area (Å²) in [5.74, 6) is -0.0812. The molecule has 2 aromatic heterocycles. The first kappa shape index (κ1) is 26.3. The van der Waals surface area contributed by atoms with Crippen molar-refractivity contribution in [2.75, 3.05) is 0 Å². The molecule has 3 aliphatic rings. The Labute approximate surface area is 232 Å². The molecule has 4 N–H and O–H groups in total. The molecule has 0 bridgehead atoms. The van der Waals surface area contributed by atoms with Gasteiger partial charge in [0.25, 0.3) is 11.8 Å². The van der Waals surface area contributed by atoms with Gasteiger partial charge in [0.05, 0.1) is 11.9 Å². The van der Waals surface area contributed by atoms with Crippen molar-refractivity contribution in [1.29, 1.82) is 0 Å². The Kier molecular flexibility index (Phi) is 7.40. The lowest BCUT2D eigenvalue weighted by Gasteiger charge is -2.24. The number of aromatic nitrogens is 3. The molecule has 10 nitrogen and oxygen atoms in total. The Morgan fingerprint density at radius 3 is 2.38 bits per heavy atom. The van der Waals surface area contributed by atoms with Crippen molar-refractivity contribution in [1.82, 2.24) is 25.8 Å². The van der Waals surface area contributed by atoms with Crippen LogP contribution in [0.2, 0.25) is 0 Å². The van der Waals surface area contributed by atoms with E-state index in [0.717, 1.165) is 31.2 Å². The first-order valence-electron chi connectivity index (χ1n) is 14.4. The number of hydrogen-bond acceptors (Lipinski definition) is 6. The van der Waals surface area contributed by atoms with Crippen molar-refractivity contribution >= 4 is 17.8 Å². The zero-order chi connectivity index (χ0) is 27.6. The summed E-state index contributed by atoms with van der Waals surface area (Å²) in [4.78, 5) is 41.7. The molecule has 1 atom stereocenters. The predicted octanol–water partition coefficient (Wildman–Crippen LogP) is 4.80. The number of benzene rings is 1. The van der Waals surface area contributed by atoms with E-state index in [1.54, 1.807) is 12.1 Å². The molecule has 3 saturated carbocycles. The molecule has 3 fully saturated rings. The standard InChI is InChI=1S/C30H35N5O5/c36-27(33-26(18-9-10-18)19-11-12-19)23-15-22(34-35-23)20-7-4-8-21(14-20)29-31-16-25(40-29)28(37)32-24(30(38)39)13-17-5-2-1-3-6-17/h4,7-8,14-19,24,26H,1-3,5-6,9-13H2,(H,32,37)(H,33,36)(H,34,35)(H,38,39)/t24-/m0/s1. The molecule has 210 valence electrons. The van der Waals surface area contributed by atoms with E-state index >= 15 is 0 Å². The van der Waals surface area contributed by atoms with Gasteiger partial charge in [0.1, 0.15) is 11.7 Å². The fourth-order valence-corrected chi connectivity index (χ4v) is 5.88. The number of aromatic amines is 1. The quantitative estimate of drug-likeness (QED) is 0.270. The number of carbonyl (C=O) groups is 3. The maximum absolute atomic E-state index is 12.9. The zero-order valence-electron chi connectivity index (χ0n) is 22.4. The highest BCUT2D eigenvalue weighted by Gasteiger charge is 2.42. The normalized spacial score (nSPS) is 18.4. The van der Waals surface area contributed by atoms with Gasteiger partial charge in [-0.15, -0.1) is 0 Å². The van der Waals surface area contributed by atoms with Crippen LogP contribution in [0.3, 0.4) is 0 Å². The Morgan fingerprint density at radius 2 is 1.68 bits per heavy atom. The van der Waals surface area contributed by atoms with Crippen LogP contribution >= 0.6 is 0 Å². The van der Waals surface area contributed by atoms with E-state index < -0.39 is 17.9 Å². The minimum atomic E-state index is -1.05. The van der Waals surface area contributed by atoms with Crippen molar-refractivity contribution in [3.63, 3.8) is 0 Å². The van der Waals surface area contributed by atoms with E-state index in [0.29, 0.717) is 41.1 Å². The Bertz CT molecular complexity index is 1370. The number of carbonyl (C=O) groups excluding carboxylic acids is 2. The van der Waals surface area contributed by atoms with Gasteiger partial charge in [0.2, 0.25) is 11.7 Å². The van der Waals surface area contributed by atoms with Crippen molar-refractivity contribution in [3.8, 4) is 22.7 Å². The molecule has 40 heavy (non-hydrogen) atoms. The molecule has 3 aromatic rings. The molecular formula is C30H35N5O5. The van der Waals surface area contributed by atoms with Crippen molar-refractivity contribution in [2.45, 2.75) is 76.3 Å². The predicted molar refractivity (Wildman–Crippen MR) is 146 cm³/mol.